The van der Waals surface area contributed by atoms with Crippen molar-refractivity contribution in [3.8, 4) is 11.3 Å². The predicted octanol–water partition coefficient (Wildman–Crippen LogP) is 3.05. The van der Waals surface area contributed by atoms with Crippen molar-refractivity contribution in [3.05, 3.63) is 47.1 Å². The molecule has 0 N–H and O–H groups in total. The summed E-state index contributed by atoms with van der Waals surface area (Å²) in [5.74, 6) is -0.359. The van der Waals surface area contributed by atoms with Crippen LogP contribution in [0.4, 0.5) is 4.39 Å². The topological polar surface area (TPSA) is 25.8 Å². The third-order valence-electron chi connectivity index (χ3n) is 1.78. The number of pyridine rings is 2. The van der Waals surface area contributed by atoms with Gasteiger partial charge in [0, 0.05) is 22.4 Å². The summed E-state index contributed by atoms with van der Waals surface area (Å²) in [5, 5.41) is 0. The molecule has 14 heavy (non-hydrogen) atoms. The van der Waals surface area contributed by atoms with E-state index in [0.717, 1.165) is 4.47 Å². The molecule has 2 rings (SSSR count). The van der Waals surface area contributed by atoms with Gasteiger partial charge in [-0.2, -0.15) is 0 Å². The van der Waals surface area contributed by atoms with Crippen LogP contribution in [0.1, 0.15) is 0 Å². The minimum atomic E-state index is -0.359. The minimum Gasteiger partial charge on any atom is -0.262 e. The molecule has 0 radical (unpaired) electrons. The van der Waals surface area contributed by atoms with Crippen molar-refractivity contribution >= 4 is 15.9 Å². The molecular weight excluding hydrogens is 247 g/mol. The second kappa shape index (κ2) is 3.84. The maximum atomic E-state index is 13.3. The first-order valence-electron chi connectivity index (χ1n) is 3.99. The summed E-state index contributed by atoms with van der Waals surface area (Å²) in [5.41, 5.74) is 1.07. The molecule has 2 aromatic heterocycles. The molecule has 0 saturated carbocycles. The van der Waals surface area contributed by atoms with Gasteiger partial charge in [0.2, 0.25) is 0 Å². The zero-order valence-corrected chi connectivity index (χ0v) is 8.70. The number of halogens is 2. The maximum Gasteiger partial charge on any atom is 0.150 e. The first-order chi connectivity index (χ1) is 6.77. The van der Waals surface area contributed by atoms with Crippen LogP contribution in [0.15, 0.2) is 41.3 Å². The monoisotopic (exact) mass is 252 g/mol. The highest BCUT2D eigenvalue weighted by Crippen LogP contribution is 2.20. The number of rotatable bonds is 1. The molecule has 0 atom stereocenters. The number of aromatic nitrogens is 2. The van der Waals surface area contributed by atoms with E-state index in [9.17, 15) is 4.39 Å². The van der Waals surface area contributed by atoms with E-state index < -0.39 is 0 Å². The van der Waals surface area contributed by atoms with Crippen LogP contribution in [-0.2, 0) is 0 Å². The van der Waals surface area contributed by atoms with Gasteiger partial charge >= 0.3 is 0 Å². The lowest BCUT2D eigenvalue weighted by Gasteiger charge is -2.00. The van der Waals surface area contributed by atoms with Crippen LogP contribution < -0.4 is 0 Å². The number of hydrogen-bond donors (Lipinski definition) is 0. The highest BCUT2D eigenvalue weighted by atomic mass is 79.9. The predicted molar refractivity (Wildman–Crippen MR) is 55.1 cm³/mol. The van der Waals surface area contributed by atoms with E-state index in [1.54, 1.807) is 24.5 Å². The van der Waals surface area contributed by atoms with Crippen molar-refractivity contribution in [2.75, 3.05) is 0 Å². The molecule has 0 aliphatic rings. The van der Waals surface area contributed by atoms with Gasteiger partial charge in [-0.15, -0.1) is 0 Å². The fraction of sp³-hybridized carbons (Fsp3) is 0. The van der Waals surface area contributed by atoms with E-state index in [-0.39, 0.29) is 5.82 Å². The molecule has 0 fully saturated rings. The van der Waals surface area contributed by atoms with Gasteiger partial charge in [-0.25, -0.2) is 4.39 Å². The second-order valence-corrected chi connectivity index (χ2v) is 3.63. The van der Waals surface area contributed by atoms with Crippen molar-refractivity contribution in [1.82, 2.24) is 9.97 Å². The fourth-order valence-corrected chi connectivity index (χ4v) is 1.35. The minimum absolute atomic E-state index is 0.359. The van der Waals surface area contributed by atoms with E-state index in [0.29, 0.717) is 11.3 Å². The number of hydrogen-bond acceptors (Lipinski definition) is 2. The van der Waals surface area contributed by atoms with Gasteiger partial charge in [-0.3, -0.25) is 9.97 Å². The molecule has 0 bridgehead atoms. The first kappa shape index (κ1) is 9.27. The third-order valence-corrected chi connectivity index (χ3v) is 2.24. The van der Waals surface area contributed by atoms with Gasteiger partial charge in [0.05, 0.1) is 11.9 Å². The summed E-state index contributed by atoms with van der Waals surface area (Å²) in [6.45, 7) is 0. The molecule has 0 spiro atoms. The Morgan fingerprint density at radius 1 is 1.14 bits per heavy atom. The lowest BCUT2D eigenvalue weighted by atomic mass is 10.2. The second-order valence-electron chi connectivity index (χ2n) is 2.72. The Hall–Kier alpha value is -1.29. The smallest absolute Gasteiger partial charge is 0.150 e. The zero-order chi connectivity index (χ0) is 9.97. The summed E-state index contributed by atoms with van der Waals surface area (Å²) in [6, 6.07) is 5.18. The molecule has 70 valence electrons. The Kier molecular flexibility index (Phi) is 2.54. The van der Waals surface area contributed by atoms with Gasteiger partial charge in [0.15, 0.2) is 5.82 Å². The maximum absolute atomic E-state index is 13.3. The van der Waals surface area contributed by atoms with Crippen molar-refractivity contribution in [2.45, 2.75) is 0 Å². The van der Waals surface area contributed by atoms with Crippen LogP contribution in [0.5, 0.6) is 0 Å². The molecule has 0 aromatic carbocycles. The van der Waals surface area contributed by atoms with E-state index in [1.165, 1.54) is 6.20 Å². The summed E-state index contributed by atoms with van der Waals surface area (Å²) < 4.78 is 14.1. The van der Waals surface area contributed by atoms with Crippen LogP contribution in [-0.4, -0.2) is 9.97 Å². The molecular formula is C10H6BrFN2. The highest BCUT2D eigenvalue weighted by molar-refractivity contribution is 9.10. The van der Waals surface area contributed by atoms with Gasteiger partial charge < -0.3 is 0 Å². The molecule has 0 aliphatic carbocycles. The van der Waals surface area contributed by atoms with Gasteiger partial charge in [-0.05, 0) is 34.1 Å². The normalized spacial score (nSPS) is 10.1. The Bertz CT molecular complexity index is 442. The lowest BCUT2D eigenvalue weighted by molar-refractivity contribution is 0.624. The summed E-state index contributed by atoms with van der Waals surface area (Å²) in [4.78, 5) is 7.77. The summed E-state index contributed by atoms with van der Waals surface area (Å²) in [7, 11) is 0. The molecule has 0 aliphatic heterocycles. The average Bonchev–Trinajstić information content (AvgIpc) is 2.20. The van der Waals surface area contributed by atoms with Crippen molar-refractivity contribution in [2.24, 2.45) is 0 Å². The average molecular weight is 253 g/mol. The fourth-order valence-electron chi connectivity index (χ4n) is 1.12. The number of nitrogens with zero attached hydrogens (tertiary/aromatic N) is 2. The quantitative estimate of drug-likeness (QED) is 0.780. The van der Waals surface area contributed by atoms with E-state index >= 15 is 0 Å². The highest BCUT2D eigenvalue weighted by Gasteiger charge is 2.04. The van der Waals surface area contributed by atoms with Gasteiger partial charge in [0.1, 0.15) is 0 Å². The van der Waals surface area contributed by atoms with Crippen LogP contribution in [0.2, 0.25) is 0 Å². The standard InChI is InChI=1S/C10H6BrFN2/c11-7-1-2-10(14-5-7)8-3-4-13-6-9(8)12/h1-6H. The molecule has 2 aromatic rings. The first-order valence-corrected chi connectivity index (χ1v) is 4.78. The lowest BCUT2D eigenvalue weighted by Crippen LogP contribution is -1.88. The van der Waals surface area contributed by atoms with Gasteiger partial charge in [0.25, 0.3) is 0 Å². The summed E-state index contributed by atoms with van der Waals surface area (Å²) >= 11 is 3.27. The Morgan fingerprint density at radius 3 is 2.64 bits per heavy atom. The van der Waals surface area contributed by atoms with E-state index in [4.69, 9.17) is 0 Å². The van der Waals surface area contributed by atoms with E-state index in [2.05, 4.69) is 25.9 Å². The molecule has 2 heterocycles. The summed E-state index contributed by atoms with van der Waals surface area (Å²) in [6.07, 6.45) is 4.36. The van der Waals surface area contributed by atoms with Crippen molar-refractivity contribution in [1.29, 1.82) is 0 Å². The third kappa shape index (κ3) is 1.80. The van der Waals surface area contributed by atoms with Gasteiger partial charge in [-0.1, -0.05) is 0 Å². The molecule has 0 saturated heterocycles. The van der Waals surface area contributed by atoms with Crippen LogP contribution in [0, 0.1) is 5.82 Å². The van der Waals surface area contributed by atoms with Crippen LogP contribution in [0.3, 0.4) is 0 Å². The Labute approximate surface area is 89.0 Å². The Morgan fingerprint density at radius 2 is 2.00 bits per heavy atom. The Balaban J connectivity index is 2.50. The van der Waals surface area contributed by atoms with Crippen molar-refractivity contribution in [3.63, 3.8) is 0 Å². The van der Waals surface area contributed by atoms with Crippen molar-refractivity contribution < 1.29 is 4.39 Å². The SMILES string of the molecule is Fc1cnccc1-c1ccc(Br)cn1. The van der Waals surface area contributed by atoms with Crippen LogP contribution in [0.25, 0.3) is 11.3 Å². The molecule has 0 unspecified atom stereocenters. The largest absolute Gasteiger partial charge is 0.262 e. The molecule has 0 amide bonds. The van der Waals surface area contributed by atoms with Crippen LogP contribution >= 0.6 is 15.9 Å². The molecule has 4 heteroatoms. The van der Waals surface area contributed by atoms with E-state index in [1.807, 2.05) is 6.07 Å². The zero-order valence-electron chi connectivity index (χ0n) is 7.11. The molecule has 2 nitrogen and oxygen atoms in total.